The number of Topliss-reactive ketones (excluding diaryl/α,β-unsaturated/α-hetero) is 1. The van der Waals surface area contributed by atoms with Crippen molar-refractivity contribution in [1.29, 1.82) is 0 Å². The van der Waals surface area contributed by atoms with Gasteiger partial charge < -0.3 is 24.2 Å². The molecule has 1 atom stereocenters. The Labute approximate surface area is 203 Å². The molecule has 1 amide bonds. The number of ether oxygens (including phenoxy) is 3. The summed E-state index contributed by atoms with van der Waals surface area (Å²) in [7, 11) is 4.56. The second-order valence-electron chi connectivity index (χ2n) is 8.11. The number of carbonyl (C=O) groups is 2. The molecule has 1 aliphatic heterocycles. The van der Waals surface area contributed by atoms with Crippen LogP contribution in [0, 0.1) is 6.92 Å². The van der Waals surface area contributed by atoms with E-state index in [1.807, 2.05) is 6.07 Å². The number of aryl methyl sites for hydroxylation is 1. The Bertz CT molecular complexity index is 1300. The van der Waals surface area contributed by atoms with Crippen molar-refractivity contribution in [2.45, 2.75) is 19.5 Å². The first-order chi connectivity index (χ1) is 16.9. The minimum absolute atomic E-state index is 0.101. The van der Waals surface area contributed by atoms with Gasteiger partial charge in [-0.25, -0.2) is 4.98 Å². The molecule has 0 radical (unpaired) electrons. The third kappa shape index (κ3) is 4.42. The number of rotatable bonds is 7. The number of hydrogen-bond donors (Lipinski definition) is 0. The number of benzene rings is 2. The van der Waals surface area contributed by atoms with E-state index in [1.165, 1.54) is 26.2 Å². The highest BCUT2D eigenvalue weighted by molar-refractivity contribution is 6.46. The zero-order valence-electron chi connectivity index (χ0n) is 20.0. The van der Waals surface area contributed by atoms with E-state index in [4.69, 9.17) is 14.2 Å². The fourth-order valence-electron chi connectivity index (χ4n) is 4.29. The number of ketones is 1. The number of nitrogens with zero attached hydrogens (tertiary/aromatic N) is 1. The van der Waals surface area contributed by atoms with Crippen LogP contribution in [-0.2, 0) is 16.1 Å². The zero-order valence-corrected chi connectivity index (χ0v) is 20.0. The van der Waals surface area contributed by atoms with Crippen LogP contribution in [0.3, 0.4) is 0 Å². The molecule has 8 heteroatoms. The average molecular weight is 475 g/mol. The zero-order chi connectivity index (χ0) is 25.1. The second-order valence-corrected chi connectivity index (χ2v) is 8.11. The molecule has 0 spiro atoms. The largest absolute Gasteiger partial charge is 0.872 e. The molecule has 0 aliphatic carbocycles. The molecule has 8 nitrogen and oxygen atoms in total. The summed E-state index contributed by atoms with van der Waals surface area (Å²) in [5, 5.41) is 13.7. The maximum atomic E-state index is 13.7. The highest BCUT2D eigenvalue weighted by Gasteiger charge is 2.44. The van der Waals surface area contributed by atoms with Crippen LogP contribution in [0.2, 0.25) is 0 Å². The van der Waals surface area contributed by atoms with Crippen LogP contribution in [0.4, 0.5) is 0 Å². The van der Waals surface area contributed by atoms with Crippen LogP contribution in [0.15, 0.2) is 66.5 Å². The summed E-state index contributed by atoms with van der Waals surface area (Å²) in [6, 6.07) is 12.8. The van der Waals surface area contributed by atoms with E-state index >= 15 is 0 Å². The number of aromatic nitrogens is 1. The van der Waals surface area contributed by atoms with Gasteiger partial charge in [0.15, 0.2) is 23.9 Å². The molecule has 35 heavy (non-hydrogen) atoms. The normalized spacial score (nSPS) is 16.9. The maximum Gasteiger partial charge on any atom is 0.295 e. The van der Waals surface area contributed by atoms with Gasteiger partial charge in [0.05, 0.1) is 33.9 Å². The summed E-state index contributed by atoms with van der Waals surface area (Å²) in [5.41, 5.74) is 2.23. The van der Waals surface area contributed by atoms with Gasteiger partial charge in [0, 0.05) is 17.2 Å². The summed E-state index contributed by atoms with van der Waals surface area (Å²) in [6.07, 6.45) is 3.50. The number of hydrogen-bond acceptors (Lipinski definition) is 6. The highest BCUT2D eigenvalue weighted by atomic mass is 16.5. The van der Waals surface area contributed by atoms with Crippen LogP contribution >= 0.6 is 0 Å². The summed E-state index contributed by atoms with van der Waals surface area (Å²) < 4.78 is 16.0. The van der Waals surface area contributed by atoms with E-state index < -0.39 is 23.5 Å². The minimum Gasteiger partial charge on any atom is -0.872 e. The molecule has 1 N–H and O–H groups in total. The predicted molar refractivity (Wildman–Crippen MR) is 125 cm³/mol. The number of amides is 1. The van der Waals surface area contributed by atoms with Crippen molar-refractivity contribution in [1.82, 2.24) is 4.90 Å². The first kappa shape index (κ1) is 23.8. The Morgan fingerprint density at radius 1 is 1.00 bits per heavy atom. The van der Waals surface area contributed by atoms with Crippen molar-refractivity contribution >= 4 is 17.4 Å². The molecule has 2 heterocycles. The van der Waals surface area contributed by atoms with Gasteiger partial charge in [-0.3, -0.25) is 9.59 Å². The Morgan fingerprint density at radius 2 is 1.77 bits per heavy atom. The van der Waals surface area contributed by atoms with Gasteiger partial charge in [0.1, 0.15) is 5.75 Å². The van der Waals surface area contributed by atoms with Gasteiger partial charge in [0.2, 0.25) is 5.78 Å². The number of H-pyrrole nitrogens is 1. The molecule has 1 aromatic heterocycles. The molecule has 4 rings (SSSR count). The van der Waals surface area contributed by atoms with Crippen molar-refractivity contribution < 1.29 is 33.9 Å². The van der Waals surface area contributed by atoms with E-state index in [2.05, 4.69) is 4.98 Å². The van der Waals surface area contributed by atoms with Gasteiger partial charge in [-0.2, -0.15) is 0 Å². The monoisotopic (exact) mass is 474 g/mol. The fraction of sp³-hybridized carbons (Fsp3) is 0.222. The summed E-state index contributed by atoms with van der Waals surface area (Å²) in [5.74, 6) is -0.526. The molecular weight excluding hydrogens is 448 g/mol. The number of aromatic amines is 1. The summed E-state index contributed by atoms with van der Waals surface area (Å²) >= 11 is 0. The summed E-state index contributed by atoms with van der Waals surface area (Å²) in [6.45, 7) is 1.90. The maximum absolute atomic E-state index is 13.7. The first-order valence-electron chi connectivity index (χ1n) is 11.0. The summed E-state index contributed by atoms with van der Waals surface area (Å²) in [4.78, 5) is 30.9. The number of pyridine rings is 1. The van der Waals surface area contributed by atoms with Gasteiger partial charge in [-0.05, 0) is 53.9 Å². The molecule has 180 valence electrons. The highest BCUT2D eigenvalue weighted by Crippen LogP contribution is 2.42. The minimum atomic E-state index is -0.899. The average Bonchev–Trinajstić information content (AvgIpc) is 3.13. The van der Waals surface area contributed by atoms with E-state index in [0.717, 1.165) is 5.56 Å². The van der Waals surface area contributed by atoms with E-state index in [0.29, 0.717) is 33.9 Å². The molecule has 2 aromatic carbocycles. The number of carbonyl (C=O) groups excluding carboxylic acids is 2. The SMILES string of the molecule is COc1ccc(C([O-])=C2C(=O)C(=O)N(Cc3ccc[nH+]c3)C2c2ccc(OC)c(OC)c2)c(C)c1. The van der Waals surface area contributed by atoms with E-state index in [-0.39, 0.29) is 12.1 Å². The number of nitrogens with one attached hydrogen (secondary N) is 1. The van der Waals surface area contributed by atoms with E-state index in [9.17, 15) is 14.7 Å². The van der Waals surface area contributed by atoms with Gasteiger partial charge in [-0.15, -0.1) is 0 Å². The van der Waals surface area contributed by atoms with Gasteiger partial charge in [-0.1, -0.05) is 17.9 Å². The lowest BCUT2D eigenvalue weighted by Gasteiger charge is -2.28. The quantitative estimate of drug-likeness (QED) is 0.296. The standard InChI is InChI=1S/C27H26N2O6/c1-16-12-19(33-2)8-9-20(16)25(30)23-24(18-7-10-21(34-3)22(13-18)35-4)29(27(32)26(23)31)15-17-6-5-11-28-14-17/h5-14,24,30H,15H2,1-4H3. The van der Waals surface area contributed by atoms with Crippen LogP contribution in [0.5, 0.6) is 17.2 Å². The Kier molecular flexibility index (Phi) is 6.73. The van der Waals surface area contributed by atoms with Crippen LogP contribution < -0.4 is 24.3 Å². The molecule has 0 saturated carbocycles. The van der Waals surface area contributed by atoms with Crippen LogP contribution in [0.25, 0.3) is 5.76 Å². The number of likely N-dealkylation sites (tertiary alicyclic amines) is 1. The molecule has 1 aliphatic rings. The molecule has 1 fully saturated rings. The predicted octanol–water partition coefficient (Wildman–Crippen LogP) is 2.26. The van der Waals surface area contributed by atoms with Gasteiger partial charge in [0.25, 0.3) is 5.91 Å². The molecule has 1 unspecified atom stereocenters. The number of methoxy groups -OCH3 is 3. The lowest BCUT2D eigenvalue weighted by Crippen LogP contribution is -2.29. The first-order valence-corrected chi connectivity index (χ1v) is 11.0. The third-order valence-electron chi connectivity index (χ3n) is 6.06. The molecule has 0 bridgehead atoms. The van der Waals surface area contributed by atoms with Crippen molar-refractivity contribution in [3.8, 4) is 17.2 Å². The molecule has 1 saturated heterocycles. The Morgan fingerprint density at radius 3 is 2.40 bits per heavy atom. The van der Waals surface area contributed by atoms with Crippen molar-refractivity contribution in [3.05, 3.63) is 88.8 Å². The lowest BCUT2D eigenvalue weighted by atomic mass is 9.93. The Balaban J connectivity index is 1.91. The lowest BCUT2D eigenvalue weighted by molar-refractivity contribution is -0.378. The van der Waals surface area contributed by atoms with Crippen molar-refractivity contribution in [2.24, 2.45) is 0 Å². The van der Waals surface area contributed by atoms with Crippen molar-refractivity contribution in [2.75, 3.05) is 21.3 Å². The topological polar surface area (TPSA) is 102 Å². The smallest absolute Gasteiger partial charge is 0.295 e. The Hall–Kier alpha value is -4.33. The van der Waals surface area contributed by atoms with E-state index in [1.54, 1.807) is 61.8 Å². The van der Waals surface area contributed by atoms with Crippen molar-refractivity contribution in [3.63, 3.8) is 0 Å². The fourth-order valence-corrected chi connectivity index (χ4v) is 4.29. The second kappa shape index (κ2) is 9.89. The third-order valence-corrected chi connectivity index (χ3v) is 6.06. The van der Waals surface area contributed by atoms with Gasteiger partial charge >= 0.3 is 0 Å². The van der Waals surface area contributed by atoms with Crippen LogP contribution in [-0.4, -0.2) is 37.9 Å². The molecular formula is C27H26N2O6. The molecule has 3 aromatic rings. The van der Waals surface area contributed by atoms with Crippen LogP contribution in [0.1, 0.15) is 28.3 Å².